The number of hydrogen-bond donors (Lipinski definition) is 2. The maximum atomic E-state index is 10.2. The van der Waals surface area contributed by atoms with E-state index in [1.807, 2.05) is 27.7 Å². The summed E-state index contributed by atoms with van der Waals surface area (Å²) in [6, 6.07) is 0. The number of aliphatic hydroxyl groups is 1. The zero-order valence-electron chi connectivity index (χ0n) is 12.6. The van der Waals surface area contributed by atoms with Crippen molar-refractivity contribution in [3.8, 4) is 0 Å². The molecule has 1 unspecified atom stereocenters. The fourth-order valence-electron chi connectivity index (χ4n) is 1.24. The van der Waals surface area contributed by atoms with Crippen molar-refractivity contribution in [3.63, 3.8) is 0 Å². The Morgan fingerprint density at radius 3 is 2.06 bits per heavy atom. The van der Waals surface area contributed by atoms with Crippen molar-refractivity contribution in [3.05, 3.63) is 11.3 Å². The van der Waals surface area contributed by atoms with E-state index in [0.29, 0.717) is 18.9 Å². The van der Waals surface area contributed by atoms with Crippen LogP contribution in [0.2, 0.25) is 0 Å². The van der Waals surface area contributed by atoms with Gasteiger partial charge in [0.1, 0.15) is 12.6 Å². The van der Waals surface area contributed by atoms with E-state index >= 15 is 0 Å². The van der Waals surface area contributed by atoms with E-state index in [1.165, 1.54) is 5.57 Å². The predicted octanol–water partition coefficient (Wildman–Crippen LogP) is 2.32. The summed E-state index contributed by atoms with van der Waals surface area (Å²) < 4.78 is 0. The van der Waals surface area contributed by atoms with E-state index in [-0.39, 0.29) is 0 Å². The number of hydrogen-bond acceptors (Lipinski definition) is 4. The highest BCUT2D eigenvalue weighted by atomic mass is 16.2. The van der Waals surface area contributed by atoms with Crippen molar-refractivity contribution in [1.29, 1.82) is 0 Å². The molecule has 0 rings (SSSR count). The molecule has 4 nitrogen and oxygen atoms in total. The van der Waals surface area contributed by atoms with Crippen LogP contribution in [0, 0.1) is 5.92 Å². The maximum Gasteiger partial charge on any atom is 0.139 e. The van der Waals surface area contributed by atoms with Crippen LogP contribution in [0.5, 0.6) is 0 Å². The molecular formula is C14H29NO3. The van der Waals surface area contributed by atoms with E-state index in [1.54, 1.807) is 0 Å². The quantitative estimate of drug-likeness (QED) is 0.689. The molecular weight excluding hydrogens is 230 g/mol. The first-order chi connectivity index (χ1) is 8.63. The van der Waals surface area contributed by atoms with Crippen LogP contribution < -0.4 is 5.32 Å². The third kappa shape index (κ3) is 12.9. The molecule has 0 fully saturated rings. The Balaban J connectivity index is -0.000000506. The van der Waals surface area contributed by atoms with E-state index in [4.69, 9.17) is 5.11 Å². The van der Waals surface area contributed by atoms with Gasteiger partial charge in [-0.05, 0) is 26.2 Å². The van der Waals surface area contributed by atoms with Crippen LogP contribution >= 0.6 is 0 Å². The number of aldehydes is 2. The smallest absolute Gasteiger partial charge is 0.139 e. The number of aliphatic hydroxyl groups excluding tert-OH is 1. The molecule has 2 N–H and O–H groups in total. The summed E-state index contributed by atoms with van der Waals surface area (Å²) in [5.74, 6) is 0.388. The van der Waals surface area contributed by atoms with Crippen molar-refractivity contribution < 1.29 is 14.7 Å². The lowest BCUT2D eigenvalue weighted by Crippen LogP contribution is -2.16. The Hall–Kier alpha value is -1.16. The summed E-state index contributed by atoms with van der Waals surface area (Å²) in [5, 5.41) is 10.0. The molecule has 1 atom stereocenters. The van der Waals surface area contributed by atoms with Crippen LogP contribution in [0.4, 0.5) is 0 Å². The van der Waals surface area contributed by atoms with E-state index < -0.39 is 0 Å². The zero-order chi connectivity index (χ0) is 15.0. The zero-order valence-corrected chi connectivity index (χ0v) is 12.6. The highest BCUT2D eigenvalue weighted by Gasteiger charge is 2.06. The molecule has 18 heavy (non-hydrogen) atoms. The molecule has 0 aromatic carbocycles. The molecule has 0 aromatic rings. The van der Waals surface area contributed by atoms with Gasteiger partial charge in [-0.15, -0.1) is 0 Å². The van der Waals surface area contributed by atoms with Gasteiger partial charge in [-0.1, -0.05) is 26.3 Å². The average Bonchev–Trinajstić information content (AvgIpc) is 2.45. The highest BCUT2D eigenvalue weighted by molar-refractivity contribution is 5.52. The van der Waals surface area contributed by atoms with Gasteiger partial charge in [0.15, 0.2) is 0 Å². The van der Waals surface area contributed by atoms with Crippen LogP contribution in [0.15, 0.2) is 11.3 Å². The number of carbonyl (C=O) groups is 2. The molecule has 0 spiro atoms. The van der Waals surface area contributed by atoms with Gasteiger partial charge in [-0.3, -0.25) is 0 Å². The second-order valence-corrected chi connectivity index (χ2v) is 3.50. The number of rotatable bonds is 7. The van der Waals surface area contributed by atoms with Gasteiger partial charge < -0.3 is 20.0 Å². The van der Waals surface area contributed by atoms with Gasteiger partial charge in [0.2, 0.25) is 0 Å². The Morgan fingerprint density at radius 2 is 1.67 bits per heavy atom. The molecule has 0 saturated heterocycles. The molecule has 0 saturated carbocycles. The average molecular weight is 259 g/mol. The summed E-state index contributed by atoms with van der Waals surface area (Å²) in [6.45, 7) is 10.4. The maximum absolute atomic E-state index is 10.2. The first-order valence-electron chi connectivity index (χ1n) is 6.36. The van der Waals surface area contributed by atoms with Gasteiger partial charge in [-0.2, -0.15) is 0 Å². The molecule has 0 heterocycles. The molecule has 4 heteroatoms. The number of carbonyl (C=O) groups excluding carboxylic acids is 2. The first-order valence-corrected chi connectivity index (χ1v) is 6.36. The Bertz CT molecular complexity index is 225. The molecule has 0 amide bonds. The normalized spacial score (nSPS) is 11.7. The highest BCUT2D eigenvalue weighted by Crippen LogP contribution is 2.17. The summed E-state index contributed by atoms with van der Waals surface area (Å²) in [5.41, 5.74) is 2.25. The molecule has 108 valence electrons. The second-order valence-electron chi connectivity index (χ2n) is 3.50. The summed E-state index contributed by atoms with van der Waals surface area (Å²) in [6.07, 6.45) is 3.25. The molecule has 0 aromatic heterocycles. The van der Waals surface area contributed by atoms with Gasteiger partial charge >= 0.3 is 0 Å². The van der Waals surface area contributed by atoms with Crippen molar-refractivity contribution in [2.75, 3.05) is 13.7 Å². The summed E-state index contributed by atoms with van der Waals surface area (Å²) in [4.78, 5) is 20.3. The van der Waals surface area contributed by atoms with Crippen LogP contribution in [-0.2, 0) is 9.59 Å². The minimum atomic E-state index is 0.351. The number of allylic oxidation sites excluding steroid dienone is 2. The minimum absolute atomic E-state index is 0.351. The largest absolute Gasteiger partial charge is 0.400 e. The van der Waals surface area contributed by atoms with Crippen LogP contribution in [0.3, 0.4) is 0 Å². The van der Waals surface area contributed by atoms with Crippen molar-refractivity contribution in [1.82, 2.24) is 5.32 Å². The standard InChI is InChI=1S/C11H19NO2.C2H6.CH4O/c1-9(5-4-7-13)10(2)11(3)12-6-8-14;2*1-2/h7-9,12H,4-6H2,1-3H3;1-2H3;2H,1H3/b11-10-;;. The summed E-state index contributed by atoms with van der Waals surface area (Å²) in [7, 11) is 1.00. The van der Waals surface area contributed by atoms with Crippen LogP contribution in [0.25, 0.3) is 0 Å². The molecule has 0 radical (unpaired) electrons. The summed E-state index contributed by atoms with van der Waals surface area (Å²) >= 11 is 0. The second kappa shape index (κ2) is 18.2. The lowest BCUT2D eigenvalue weighted by atomic mass is 9.96. The Morgan fingerprint density at radius 1 is 1.17 bits per heavy atom. The van der Waals surface area contributed by atoms with Gasteiger partial charge in [0, 0.05) is 19.2 Å². The Kier molecular flexibility index (Phi) is 22.3. The van der Waals surface area contributed by atoms with E-state index in [0.717, 1.165) is 31.8 Å². The lowest BCUT2D eigenvalue weighted by molar-refractivity contribution is -0.108. The monoisotopic (exact) mass is 259 g/mol. The molecule has 0 bridgehead atoms. The fourth-order valence-corrected chi connectivity index (χ4v) is 1.24. The molecule has 0 aliphatic carbocycles. The van der Waals surface area contributed by atoms with Gasteiger partial charge in [0.25, 0.3) is 0 Å². The molecule has 0 aliphatic heterocycles. The van der Waals surface area contributed by atoms with Crippen molar-refractivity contribution in [2.24, 2.45) is 5.92 Å². The third-order valence-corrected chi connectivity index (χ3v) is 2.50. The van der Waals surface area contributed by atoms with Gasteiger partial charge in [0.05, 0.1) is 6.54 Å². The predicted molar refractivity (Wildman–Crippen MR) is 76.4 cm³/mol. The minimum Gasteiger partial charge on any atom is -0.400 e. The number of nitrogens with one attached hydrogen (secondary N) is 1. The van der Waals surface area contributed by atoms with Crippen LogP contribution in [-0.4, -0.2) is 31.3 Å². The third-order valence-electron chi connectivity index (χ3n) is 2.50. The van der Waals surface area contributed by atoms with E-state index in [2.05, 4.69) is 12.2 Å². The first kappa shape index (κ1) is 22.1. The lowest BCUT2D eigenvalue weighted by Gasteiger charge is -2.14. The fraction of sp³-hybridized carbons (Fsp3) is 0.714. The topological polar surface area (TPSA) is 66.4 Å². The SMILES string of the molecule is C/C(NCC=O)=C(\C)C(C)CCC=O.CC.CO. The Labute approximate surface area is 111 Å². The van der Waals surface area contributed by atoms with Gasteiger partial charge in [-0.25, -0.2) is 0 Å². The van der Waals surface area contributed by atoms with Crippen LogP contribution in [0.1, 0.15) is 47.5 Å². The van der Waals surface area contributed by atoms with E-state index in [9.17, 15) is 9.59 Å². The molecule has 0 aliphatic rings. The van der Waals surface area contributed by atoms with Crippen molar-refractivity contribution >= 4 is 12.6 Å². The van der Waals surface area contributed by atoms with Crippen molar-refractivity contribution in [2.45, 2.75) is 47.5 Å².